The number of hydrogen-bond donors (Lipinski definition) is 0. The number of benzene rings is 1. The lowest BCUT2D eigenvalue weighted by atomic mass is 9.88. The molecule has 84 valence electrons. The van der Waals surface area contributed by atoms with Crippen LogP contribution in [-0.2, 0) is 5.41 Å². The highest BCUT2D eigenvalue weighted by Gasteiger charge is 2.19. The van der Waals surface area contributed by atoms with Gasteiger partial charge in [-0.3, -0.25) is 0 Å². The van der Waals surface area contributed by atoms with Gasteiger partial charge in [-0.05, 0) is 30.0 Å². The van der Waals surface area contributed by atoms with E-state index in [2.05, 4.69) is 51.1 Å². The van der Waals surface area contributed by atoms with Crippen LogP contribution in [-0.4, -0.2) is 9.78 Å². The van der Waals surface area contributed by atoms with Crippen molar-refractivity contribution >= 4 is 0 Å². The van der Waals surface area contributed by atoms with Crippen LogP contribution < -0.4 is 0 Å². The molecular formula is C14H18N2. The molecule has 0 aliphatic carbocycles. The van der Waals surface area contributed by atoms with Crippen molar-refractivity contribution in [3.05, 3.63) is 47.8 Å². The molecule has 0 amide bonds. The van der Waals surface area contributed by atoms with Crippen molar-refractivity contribution in [2.75, 3.05) is 0 Å². The van der Waals surface area contributed by atoms with Gasteiger partial charge in [0.1, 0.15) is 0 Å². The maximum absolute atomic E-state index is 4.56. The normalized spacial score (nSPS) is 11.8. The molecule has 16 heavy (non-hydrogen) atoms. The van der Waals surface area contributed by atoms with Gasteiger partial charge in [-0.2, -0.15) is 5.10 Å². The summed E-state index contributed by atoms with van der Waals surface area (Å²) < 4.78 is 1.95. The molecule has 1 heterocycles. The number of aromatic nitrogens is 2. The number of rotatable bonds is 1. The molecule has 0 atom stereocenters. The summed E-state index contributed by atoms with van der Waals surface area (Å²) in [6.07, 6.45) is 2.13. The summed E-state index contributed by atoms with van der Waals surface area (Å²) >= 11 is 0. The van der Waals surface area contributed by atoms with Crippen molar-refractivity contribution in [3.8, 4) is 5.69 Å². The Kier molecular flexibility index (Phi) is 2.58. The largest absolute Gasteiger partial charge is 0.240 e. The molecule has 0 radical (unpaired) electrons. The second-order valence-corrected chi connectivity index (χ2v) is 5.16. The molecule has 0 fully saturated rings. The molecule has 0 N–H and O–H groups in total. The zero-order chi connectivity index (χ0) is 11.8. The van der Waals surface area contributed by atoms with E-state index in [-0.39, 0.29) is 5.41 Å². The third-order valence-electron chi connectivity index (χ3n) is 2.73. The summed E-state index contributed by atoms with van der Waals surface area (Å²) in [5.41, 5.74) is 3.67. The van der Waals surface area contributed by atoms with Crippen molar-refractivity contribution in [3.63, 3.8) is 0 Å². The van der Waals surface area contributed by atoms with Crippen molar-refractivity contribution in [1.29, 1.82) is 0 Å². The van der Waals surface area contributed by atoms with Crippen LogP contribution in [0.3, 0.4) is 0 Å². The Morgan fingerprint density at radius 3 is 2.19 bits per heavy atom. The smallest absolute Gasteiger partial charge is 0.0645 e. The predicted molar refractivity (Wildman–Crippen MR) is 67.0 cm³/mol. The molecule has 0 saturated carbocycles. The Morgan fingerprint density at radius 2 is 1.69 bits per heavy atom. The second kappa shape index (κ2) is 3.78. The minimum Gasteiger partial charge on any atom is -0.240 e. The first-order chi connectivity index (χ1) is 7.48. The van der Waals surface area contributed by atoms with E-state index in [1.807, 2.05) is 22.9 Å². The summed E-state index contributed by atoms with van der Waals surface area (Å²) in [4.78, 5) is 0. The fourth-order valence-electron chi connectivity index (χ4n) is 1.91. The second-order valence-electron chi connectivity index (χ2n) is 5.16. The van der Waals surface area contributed by atoms with E-state index in [9.17, 15) is 0 Å². The lowest BCUT2D eigenvalue weighted by molar-refractivity contribution is 0.586. The molecule has 0 aliphatic heterocycles. The molecule has 1 aromatic carbocycles. The topological polar surface area (TPSA) is 17.8 Å². The van der Waals surface area contributed by atoms with Gasteiger partial charge in [0.25, 0.3) is 0 Å². The molecule has 2 heteroatoms. The molecule has 0 spiro atoms. The van der Waals surface area contributed by atoms with Gasteiger partial charge in [0, 0.05) is 6.20 Å². The molecule has 2 rings (SSSR count). The summed E-state index contributed by atoms with van der Waals surface area (Å²) in [5, 5.41) is 4.56. The Balaban J connectivity index is 2.47. The van der Waals surface area contributed by atoms with Gasteiger partial charge in [-0.15, -0.1) is 0 Å². The molecule has 2 aromatic rings. The lowest BCUT2D eigenvalue weighted by Crippen LogP contribution is -2.11. The van der Waals surface area contributed by atoms with E-state index in [1.54, 1.807) is 0 Å². The minimum absolute atomic E-state index is 0.150. The third kappa shape index (κ3) is 2.01. The Hall–Kier alpha value is -1.57. The van der Waals surface area contributed by atoms with Crippen LogP contribution in [0.1, 0.15) is 32.0 Å². The standard InChI is InChI=1S/C14H18N2/c1-11-13(14(2,3)4)10-16(15-11)12-8-6-5-7-9-12/h5-10H,1-4H3. The first-order valence-corrected chi connectivity index (χ1v) is 5.60. The van der Waals surface area contributed by atoms with E-state index in [0.717, 1.165) is 11.4 Å². The van der Waals surface area contributed by atoms with Crippen molar-refractivity contribution < 1.29 is 0 Å². The lowest BCUT2D eigenvalue weighted by Gasteiger charge is -2.16. The predicted octanol–water partition coefficient (Wildman–Crippen LogP) is 3.48. The minimum atomic E-state index is 0.150. The van der Waals surface area contributed by atoms with Gasteiger partial charge in [-0.1, -0.05) is 39.0 Å². The van der Waals surface area contributed by atoms with Gasteiger partial charge in [0.2, 0.25) is 0 Å². The maximum Gasteiger partial charge on any atom is 0.0645 e. The van der Waals surface area contributed by atoms with Crippen molar-refractivity contribution in [1.82, 2.24) is 9.78 Å². The van der Waals surface area contributed by atoms with Crippen LogP contribution in [0, 0.1) is 6.92 Å². The maximum atomic E-state index is 4.56. The average Bonchev–Trinajstić information content (AvgIpc) is 2.61. The van der Waals surface area contributed by atoms with Crippen LogP contribution in [0.4, 0.5) is 0 Å². The van der Waals surface area contributed by atoms with E-state index >= 15 is 0 Å². The third-order valence-corrected chi connectivity index (χ3v) is 2.73. The van der Waals surface area contributed by atoms with Crippen LogP contribution in [0.2, 0.25) is 0 Å². The van der Waals surface area contributed by atoms with E-state index in [1.165, 1.54) is 5.56 Å². The van der Waals surface area contributed by atoms with Gasteiger partial charge in [-0.25, -0.2) is 4.68 Å². The number of para-hydroxylation sites is 1. The Morgan fingerprint density at radius 1 is 1.06 bits per heavy atom. The average molecular weight is 214 g/mol. The van der Waals surface area contributed by atoms with Gasteiger partial charge >= 0.3 is 0 Å². The quantitative estimate of drug-likeness (QED) is 0.710. The van der Waals surface area contributed by atoms with Crippen molar-refractivity contribution in [2.24, 2.45) is 0 Å². The zero-order valence-corrected chi connectivity index (χ0v) is 10.4. The fraction of sp³-hybridized carbons (Fsp3) is 0.357. The molecule has 0 bridgehead atoms. The van der Waals surface area contributed by atoms with Gasteiger partial charge in [0.15, 0.2) is 0 Å². The zero-order valence-electron chi connectivity index (χ0n) is 10.4. The number of aryl methyl sites for hydroxylation is 1. The number of nitrogens with zero attached hydrogens (tertiary/aromatic N) is 2. The fourth-order valence-corrected chi connectivity index (χ4v) is 1.91. The van der Waals surface area contributed by atoms with Crippen LogP contribution in [0.5, 0.6) is 0 Å². The highest BCUT2D eigenvalue weighted by Crippen LogP contribution is 2.25. The van der Waals surface area contributed by atoms with Crippen LogP contribution in [0.15, 0.2) is 36.5 Å². The monoisotopic (exact) mass is 214 g/mol. The van der Waals surface area contributed by atoms with E-state index in [4.69, 9.17) is 0 Å². The highest BCUT2D eigenvalue weighted by atomic mass is 15.3. The summed E-state index contributed by atoms with van der Waals surface area (Å²) in [6, 6.07) is 10.2. The van der Waals surface area contributed by atoms with Crippen molar-refractivity contribution in [2.45, 2.75) is 33.1 Å². The van der Waals surface area contributed by atoms with Crippen LogP contribution >= 0.6 is 0 Å². The SMILES string of the molecule is Cc1nn(-c2ccccc2)cc1C(C)(C)C. The summed E-state index contributed by atoms with van der Waals surface area (Å²) in [7, 11) is 0. The molecule has 0 aliphatic rings. The van der Waals surface area contributed by atoms with E-state index < -0.39 is 0 Å². The molecule has 0 unspecified atom stereocenters. The molecule has 2 nitrogen and oxygen atoms in total. The first kappa shape index (κ1) is 10.9. The molecule has 1 aromatic heterocycles. The summed E-state index contributed by atoms with van der Waals surface area (Å²) in [6.45, 7) is 8.71. The Bertz CT molecular complexity index is 475. The highest BCUT2D eigenvalue weighted by molar-refractivity contribution is 5.34. The van der Waals surface area contributed by atoms with Crippen LogP contribution in [0.25, 0.3) is 5.69 Å². The van der Waals surface area contributed by atoms with Gasteiger partial charge < -0.3 is 0 Å². The molecular weight excluding hydrogens is 196 g/mol. The first-order valence-electron chi connectivity index (χ1n) is 5.60. The number of hydrogen-bond acceptors (Lipinski definition) is 1. The summed E-state index contributed by atoms with van der Waals surface area (Å²) in [5.74, 6) is 0. The van der Waals surface area contributed by atoms with E-state index in [0.29, 0.717) is 0 Å². The van der Waals surface area contributed by atoms with Gasteiger partial charge in [0.05, 0.1) is 11.4 Å². The molecule has 0 saturated heterocycles. The Labute approximate surface area is 96.9 Å².